The summed E-state index contributed by atoms with van der Waals surface area (Å²) < 4.78 is 12.1. The van der Waals surface area contributed by atoms with Crippen LogP contribution in [0.2, 0.25) is 0 Å². The molecule has 8 nitrogen and oxygen atoms in total. The van der Waals surface area contributed by atoms with E-state index in [4.69, 9.17) is 27.4 Å². The highest BCUT2D eigenvalue weighted by atomic mass is 32.1. The third-order valence-corrected chi connectivity index (χ3v) is 14.1. The van der Waals surface area contributed by atoms with Gasteiger partial charge in [0, 0.05) is 52.6 Å². The van der Waals surface area contributed by atoms with Crippen molar-refractivity contribution >= 4 is 34.7 Å². The van der Waals surface area contributed by atoms with E-state index in [0.29, 0.717) is 31.2 Å². The number of hydrogen-bond donors (Lipinski definition) is 1. The number of allylic oxidation sites excluding steroid dienone is 2. The number of rotatable bonds is 45. The maximum Gasteiger partial charge on any atom is 0.306 e. The van der Waals surface area contributed by atoms with Crippen molar-refractivity contribution in [3.8, 4) is 0 Å². The minimum absolute atomic E-state index is 0.0162. The minimum atomic E-state index is 0.0162. The summed E-state index contributed by atoms with van der Waals surface area (Å²) in [6, 6.07) is 0.555. The van der Waals surface area contributed by atoms with Gasteiger partial charge in [-0.1, -0.05) is 201 Å². The number of likely N-dealkylation sites (tertiary alicyclic amines) is 1. The van der Waals surface area contributed by atoms with Crippen LogP contribution >= 0.6 is 12.2 Å². The fourth-order valence-electron chi connectivity index (χ4n) is 8.86. The molecule has 0 spiro atoms. The van der Waals surface area contributed by atoms with E-state index in [2.05, 4.69) is 58.8 Å². The SMILES string of the molecule is C=CC(=O)CCN.C=CC(CC)CCCCCCCCCC.CC(=S)N(C)C.CCCCCCCCC(CCCCCCCC)OC(=O)CCCCCCCOC[C@@H]1CC(C)CN1CCCCCC(C)=O. The van der Waals surface area contributed by atoms with Crippen molar-refractivity contribution < 1.29 is 23.9 Å². The molecule has 2 unspecified atom stereocenters. The first-order valence-electron chi connectivity index (χ1n) is 29.9. The first-order chi connectivity index (χ1) is 34.3. The number of ether oxygens (including phenoxy) is 2. The van der Waals surface area contributed by atoms with Gasteiger partial charge in [0.05, 0.1) is 11.6 Å². The van der Waals surface area contributed by atoms with Gasteiger partial charge in [-0.3, -0.25) is 14.5 Å². The second-order valence-corrected chi connectivity index (χ2v) is 21.7. The van der Waals surface area contributed by atoms with Gasteiger partial charge in [-0.05, 0) is 115 Å². The van der Waals surface area contributed by atoms with Crippen LogP contribution in [-0.2, 0) is 23.9 Å². The van der Waals surface area contributed by atoms with Crippen molar-refractivity contribution in [1.29, 1.82) is 0 Å². The molecule has 2 N–H and O–H groups in total. The molecule has 1 heterocycles. The molecule has 0 bridgehead atoms. The number of Topliss-reactive ketones (excluding diaryl/α,β-unsaturated/α-hetero) is 1. The number of thiocarbonyl (C=S) groups is 1. The monoisotopic (exact) mass is 1020 g/mol. The molecule has 0 saturated carbocycles. The molecule has 1 aliphatic rings. The summed E-state index contributed by atoms with van der Waals surface area (Å²) in [5.74, 6) is 1.87. The second kappa shape index (κ2) is 57.3. The van der Waals surface area contributed by atoms with Crippen molar-refractivity contribution in [2.45, 2.75) is 292 Å². The molecule has 0 aromatic heterocycles. The highest BCUT2D eigenvalue weighted by Gasteiger charge is 2.29. The van der Waals surface area contributed by atoms with Crippen LogP contribution in [0, 0.1) is 11.8 Å². The van der Waals surface area contributed by atoms with E-state index in [0.717, 1.165) is 87.9 Å². The van der Waals surface area contributed by atoms with E-state index in [9.17, 15) is 14.4 Å². The van der Waals surface area contributed by atoms with Gasteiger partial charge < -0.3 is 24.9 Å². The Hall–Kier alpha value is -1.94. The normalized spacial score (nSPS) is 14.6. The van der Waals surface area contributed by atoms with E-state index < -0.39 is 0 Å². The number of carbonyl (C=O) groups is 3. The van der Waals surface area contributed by atoms with Gasteiger partial charge in [-0.25, -0.2) is 0 Å². The summed E-state index contributed by atoms with van der Waals surface area (Å²) in [4.78, 5) is 39.4. The zero-order valence-corrected chi connectivity index (χ0v) is 49.6. The number of esters is 1. The number of ketones is 2. The number of carbonyl (C=O) groups excluding carboxylic acids is 3. The molecule has 3 atom stereocenters. The first-order valence-corrected chi connectivity index (χ1v) is 30.3. The Morgan fingerprint density at radius 1 is 0.662 bits per heavy atom. The summed E-state index contributed by atoms with van der Waals surface area (Å²) in [5, 5.41) is 0. The molecule has 1 aliphatic heterocycles. The summed E-state index contributed by atoms with van der Waals surface area (Å²) in [5.41, 5.74) is 5.04. The van der Waals surface area contributed by atoms with Crippen LogP contribution in [-0.4, -0.2) is 91.4 Å². The smallest absolute Gasteiger partial charge is 0.306 e. The van der Waals surface area contributed by atoms with Crippen molar-refractivity contribution in [3.05, 3.63) is 25.3 Å². The van der Waals surface area contributed by atoms with Gasteiger partial charge >= 0.3 is 5.97 Å². The highest BCUT2D eigenvalue weighted by molar-refractivity contribution is 7.80. The lowest BCUT2D eigenvalue weighted by Gasteiger charge is -2.24. The van der Waals surface area contributed by atoms with Gasteiger partial charge in [-0.2, -0.15) is 0 Å². The number of nitrogens with two attached hydrogens (primary N) is 1. The van der Waals surface area contributed by atoms with Gasteiger partial charge in [0.2, 0.25) is 0 Å². The fourth-order valence-corrected chi connectivity index (χ4v) is 8.86. The van der Waals surface area contributed by atoms with Crippen LogP contribution in [0.15, 0.2) is 25.3 Å². The summed E-state index contributed by atoms with van der Waals surface area (Å²) >= 11 is 4.75. The summed E-state index contributed by atoms with van der Waals surface area (Å²) in [6.07, 6.45) is 47.0. The predicted molar refractivity (Wildman–Crippen MR) is 315 cm³/mol. The van der Waals surface area contributed by atoms with Gasteiger partial charge in [0.15, 0.2) is 5.78 Å². The number of hydrogen-bond acceptors (Lipinski definition) is 8. The Balaban J connectivity index is -0.00000133. The highest BCUT2D eigenvalue weighted by Crippen LogP contribution is 2.24. The Labute approximate surface area is 448 Å². The molecular formula is C62H121N3O5S. The summed E-state index contributed by atoms with van der Waals surface area (Å²) in [7, 11) is 3.87. The van der Waals surface area contributed by atoms with Crippen molar-refractivity contribution in [3.63, 3.8) is 0 Å². The molecule has 420 valence electrons. The third-order valence-electron chi connectivity index (χ3n) is 13.8. The topological polar surface area (TPSA) is 102 Å². The molecule has 1 rings (SSSR count). The Morgan fingerprint density at radius 3 is 1.55 bits per heavy atom. The van der Waals surface area contributed by atoms with Crippen LogP contribution in [0.25, 0.3) is 0 Å². The molecule has 1 saturated heterocycles. The lowest BCUT2D eigenvalue weighted by Crippen LogP contribution is -2.34. The van der Waals surface area contributed by atoms with Crippen LogP contribution in [0.3, 0.4) is 0 Å². The Bertz CT molecular complexity index is 1200. The maximum absolute atomic E-state index is 12.6. The molecule has 0 amide bonds. The van der Waals surface area contributed by atoms with Gasteiger partial charge in [0.1, 0.15) is 11.9 Å². The lowest BCUT2D eigenvalue weighted by molar-refractivity contribution is -0.150. The van der Waals surface area contributed by atoms with Crippen molar-refractivity contribution in [2.24, 2.45) is 17.6 Å². The average Bonchev–Trinajstić information content (AvgIpc) is 3.71. The molecule has 0 aliphatic carbocycles. The molecule has 9 heteroatoms. The maximum atomic E-state index is 12.6. The van der Waals surface area contributed by atoms with Crippen LogP contribution in [0.1, 0.15) is 280 Å². The van der Waals surface area contributed by atoms with Crippen LogP contribution in [0.5, 0.6) is 0 Å². The lowest BCUT2D eigenvalue weighted by atomic mass is 9.98. The quantitative estimate of drug-likeness (QED) is 0.0210. The molecule has 0 radical (unpaired) electrons. The molecule has 0 aromatic rings. The van der Waals surface area contributed by atoms with E-state index in [-0.39, 0.29) is 17.9 Å². The standard InChI is InChI=1S/C38H73NO4.C15H30.C5H9NO.C4H9NS/c1-5-7-9-11-14-20-26-37(27-21-15-12-10-8-6-2)43-38(41)28-22-16-13-17-24-30-42-33-36-31-34(3)32-39(36)29-23-18-19-25-35(4)40;1-4-7-8-9-10-11-12-13-14-15(5-2)6-3;1-2-5(7)3-4-6;1-4(6)5(2)3/h34,36-37H,5-33H2,1-4H3;5,15H,2,4,6-14H2,1,3H3;2H,1,3-4,6H2;1-3H3/t34?,36-;;;/m0.../s1. The minimum Gasteiger partial charge on any atom is -0.462 e. The predicted octanol–water partition coefficient (Wildman–Crippen LogP) is 17.3. The zero-order chi connectivity index (χ0) is 53.6. The first kappa shape index (κ1) is 73.3. The van der Waals surface area contributed by atoms with Crippen LogP contribution < -0.4 is 5.73 Å². The van der Waals surface area contributed by atoms with Crippen molar-refractivity contribution in [1.82, 2.24) is 9.80 Å². The van der Waals surface area contributed by atoms with Gasteiger partial charge in [0.25, 0.3) is 0 Å². The summed E-state index contributed by atoms with van der Waals surface area (Å²) in [6.45, 7) is 26.6. The average molecular weight is 1020 g/mol. The largest absolute Gasteiger partial charge is 0.462 e. The number of unbranched alkanes of at least 4 members (excludes halogenated alkanes) is 23. The van der Waals surface area contributed by atoms with Crippen molar-refractivity contribution in [2.75, 3.05) is 46.9 Å². The molecule has 0 aromatic carbocycles. The second-order valence-electron chi connectivity index (χ2n) is 21.1. The third kappa shape index (κ3) is 55.6. The Kier molecular flexibility index (Phi) is 59.2. The van der Waals surface area contributed by atoms with E-state index in [1.165, 1.54) is 180 Å². The molecular weight excluding hydrogens is 899 g/mol. The number of nitrogens with zero attached hydrogens (tertiary/aromatic N) is 2. The fraction of sp³-hybridized carbons (Fsp3) is 0.871. The molecule has 71 heavy (non-hydrogen) atoms. The van der Waals surface area contributed by atoms with Gasteiger partial charge in [-0.15, -0.1) is 6.58 Å². The van der Waals surface area contributed by atoms with E-state index >= 15 is 0 Å². The Morgan fingerprint density at radius 2 is 1.11 bits per heavy atom. The molecule has 1 fully saturated rings. The van der Waals surface area contributed by atoms with Crippen LogP contribution in [0.4, 0.5) is 0 Å². The van der Waals surface area contributed by atoms with E-state index in [1.54, 1.807) is 6.92 Å². The van der Waals surface area contributed by atoms with E-state index in [1.807, 2.05) is 25.9 Å². The zero-order valence-electron chi connectivity index (χ0n) is 48.8.